The fourth-order valence-corrected chi connectivity index (χ4v) is 30.0. The predicted molar refractivity (Wildman–Crippen MR) is 303 cm³/mol. The molecule has 0 aromatic heterocycles. The van der Waals surface area contributed by atoms with Crippen molar-refractivity contribution >= 4 is 62.5 Å². The summed E-state index contributed by atoms with van der Waals surface area (Å²) in [7, 11) is -6.20. The van der Waals surface area contributed by atoms with Crippen LogP contribution in [0.2, 0.25) is 52.4 Å². The minimum atomic E-state index is -1.65. The van der Waals surface area contributed by atoms with E-state index in [-0.39, 0.29) is 0 Å². The van der Waals surface area contributed by atoms with E-state index < -0.39 is 30.4 Å². The Balaban J connectivity index is 0.000000291. The molecule has 0 radical (unpaired) electrons. The molecule has 0 amide bonds. The lowest BCUT2D eigenvalue weighted by Crippen LogP contribution is -2.72. The van der Waals surface area contributed by atoms with Crippen LogP contribution >= 0.6 is 0 Å². The van der Waals surface area contributed by atoms with Gasteiger partial charge in [0.25, 0.3) is 0 Å². The van der Waals surface area contributed by atoms with Crippen LogP contribution in [0, 0.1) is 41.5 Å². The minimum Gasteiger partial charge on any atom is -0.371 e. The lowest BCUT2D eigenvalue weighted by molar-refractivity contribution is 0.635. The summed E-state index contributed by atoms with van der Waals surface area (Å²) in [5.41, 5.74) is 18.0. The standard InChI is InChI=1S/C38H66N2Si2.C20H28Si2/c1-11-15-19-23-39(24-20-16-12-2)35-29-33-34-30-36(40(25-21-17-13-3)26-22-18-14-4)32(6)28-38(34)42(9,10)41(7,8)37(33)27-31(35)5;1-13-9-17-18-10-14(2)16(4)12-20(18)22(7,8)21(5,6)19(17)11-15(13)3/h27-30H,11-26H2,1-10H3;9-12H,1-8H3. The average Bonchev–Trinajstić information content (AvgIpc) is 3.23. The molecule has 2 aliphatic rings. The molecule has 2 aliphatic heterocycles. The van der Waals surface area contributed by atoms with Crippen LogP contribution in [0.5, 0.6) is 0 Å². The summed E-state index contributed by atoms with van der Waals surface area (Å²) in [4.78, 5) is 5.51. The first-order chi connectivity index (χ1) is 30.1. The second-order valence-electron chi connectivity index (χ2n) is 22.6. The molecule has 0 saturated heterocycles. The summed E-state index contributed by atoms with van der Waals surface area (Å²) in [6.07, 6.45) is 15.6. The third-order valence-electron chi connectivity index (χ3n) is 17.1. The topological polar surface area (TPSA) is 6.48 Å². The number of unbranched alkanes of at least 4 members (excludes halogenated alkanes) is 8. The lowest BCUT2D eigenvalue weighted by atomic mass is 9.97. The van der Waals surface area contributed by atoms with Crippen molar-refractivity contribution in [3.8, 4) is 22.3 Å². The van der Waals surface area contributed by atoms with Gasteiger partial charge in [-0.2, -0.15) is 0 Å². The Morgan fingerprint density at radius 3 is 0.766 bits per heavy atom. The summed E-state index contributed by atoms with van der Waals surface area (Å²) in [6, 6.07) is 20.6. The van der Waals surface area contributed by atoms with Crippen molar-refractivity contribution < 1.29 is 0 Å². The molecular formula is C58H94N2Si4. The molecule has 0 unspecified atom stereocenters. The first-order valence-corrected chi connectivity index (χ1v) is 40.2. The van der Waals surface area contributed by atoms with Crippen molar-refractivity contribution in [1.82, 2.24) is 0 Å². The van der Waals surface area contributed by atoms with Gasteiger partial charge in [0, 0.05) is 37.6 Å². The first-order valence-electron chi connectivity index (χ1n) is 26.2. The summed E-state index contributed by atoms with van der Waals surface area (Å²) in [5, 5.41) is 6.85. The molecule has 2 nitrogen and oxygen atoms in total. The second kappa shape index (κ2) is 21.5. The van der Waals surface area contributed by atoms with Crippen molar-refractivity contribution in [2.24, 2.45) is 0 Å². The van der Waals surface area contributed by atoms with E-state index in [1.54, 1.807) is 31.9 Å². The molecule has 6 heteroatoms. The summed E-state index contributed by atoms with van der Waals surface area (Å²) < 4.78 is 0. The Bertz CT molecular complexity index is 2050. The molecule has 4 aromatic rings. The maximum absolute atomic E-state index is 2.75. The molecule has 0 spiro atoms. The fraction of sp³-hybridized carbons (Fsp3) is 0.586. The summed E-state index contributed by atoms with van der Waals surface area (Å²) in [5.74, 6) is 0. The Hall–Kier alpha value is -2.65. The molecule has 0 bridgehead atoms. The Kier molecular flexibility index (Phi) is 17.6. The van der Waals surface area contributed by atoms with Crippen molar-refractivity contribution in [2.75, 3.05) is 36.0 Å². The zero-order valence-corrected chi connectivity index (χ0v) is 48.8. The lowest BCUT2D eigenvalue weighted by Gasteiger charge is -2.46. The van der Waals surface area contributed by atoms with Crippen molar-refractivity contribution in [2.45, 2.75) is 199 Å². The maximum Gasteiger partial charge on any atom is 0.0800 e. The van der Waals surface area contributed by atoms with Gasteiger partial charge >= 0.3 is 0 Å². The van der Waals surface area contributed by atoms with Crippen LogP contribution in [0.15, 0.2) is 48.5 Å². The van der Waals surface area contributed by atoms with Gasteiger partial charge in [0.05, 0.1) is 30.4 Å². The van der Waals surface area contributed by atoms with E-state index in [1.165, 1.54) is 159 Å². The average molecular weight is 932 g/mol. The van der Waals surface area contributed by atoms with Crippen LogP contribution in [-0.4, -0.2) is 56.5 Å². The number of anilines is 2. The van der Waals surface area contributed by atoms with Gasteiger partial charge in [0.1, 0.15) is 0 Å². The van der Waals surface area contributed by atoms with E-state index in [1.807, 2.05) is 0 Å². The SMILES string of the molecule is CCCCCN(CCCCC)c1cc2c(cc1C)[Si](C)(C)[Si](C)(C)c1cc(C)c(N(CCCCC)CCCCC)cc1-2.Cc1cc2c(cc1C)[Si](C)(C)[Si](C)(C)c1cc(C)c(C)cc1-2. The number of aryl methyl sites for hydroxylation is 6. The Labute approximate surface area is 399 Å². The molecule has 64 heavy (non-hydrogen) atoms. The van der Waals surface area contributed by atoms with Gasteiger partial charge in [-0.3, -0.25) is 0 Å². The molecule has 6 rings (SSSR count). The van der Waals surface area contributed by atoms with Crippen LogP contribution in [0.1, 0.15) is 138 Å². The van der Waals surface area contributed by atoms with Gasteiger partial charge in [-0.05, 0) is 135 Å². The van der Waals surface area contributed by atoms with Crippen LogP contribution in [0.3, 0.4) is 0 Å². The second-order valence-corrected chi connectivity index (χ2v) is 52.8. The number of benzene rings is 4. The molecule has 352 valence electrons. The van der Waals surface area contributed by atoms with Gasteiger partial charge in [-0.15, -0.1) is 0 Å². The zero-order valence-electron chi connectivity index (χ0n) is 44.8. The highest BCUT2D eigenvalue weighted by Crippen LogP contribution is 2.40. The highest BCUT2D eigenvalue weighted by Gasteiger charge is 2.51. The summed E-state index contributed by atoms with van der Waals surface area (Å²) in [6.45, 7) is 49.1. The van der Waals surface area contributed by atoms with Gasteiger partial charge < -0.3 is 9.80 Å². The van der Waals surface area contributed by atoms with Crippen molar-refractivity contribution in [3.63, 3.8) is 0 Å². The quantitative estimate of drug-likeness (QED) is 0.0725. The van der Waals surface area contributed by atoms with Crippen LogP contribution in [0.25, 0.3) is 22.3 Å². The molecular weight excluding hydrogens is 837 g/mol. The Morgan fingerprint density at radius 1 is 0.297 bits per heavy atom. The predicted octanol–water partition coefficient (Wildman–Crippen LogP) is 14.8. The fourth-order valence-electron chi connectivity index (χ4n) is 10.9. The van der Waals surface area contributed by atoms with E-state index in [2.05, 4.69) is 180 Å². The molecule has 2 heterocycles. The molecule has 0 fully saturated rings. The first kappa shape index (κ1) is 52.3. The van der Waals surface area contributed by atoms with Gasteiger partial charge in [0.15, 0.2) is 0 Å². The number of hydrogen-bond acceptors (Lipinski definition) is 2. The van der Waals surface area contributed by atoms with E-state index in [0.29, 0.717) is 0 Å². The third kappa shape index (κ3) is 10.4. The highest BCUT2D eigenvalue weighted by molar-refractivity contribution is 7.51. The molecule has 0 atom stereocenters. The van der Waals surface area contributed by atoms with E-state index >= 15 is 0 Å². The molecule has 0 saturated carbocycles. The monoisotopic (exact) mass is 931 g/mol. The number of hydrogen-bond donors (Lipinski definition) is 0. The smallest absolute Gasteiger partial charge is 0.0800 e. The number of nitrogens with zero attached hydrogens (tertiary/aromatic N) is 2. The van der Waals surface area contributed by atoms with Crippen LogP contribution < -0.4 is 30.5 Å². The maximum atomic E-state index is 2.75. The third-order valence-corrected chi connectivity index (χ3v) is 52.4. The minimum absolute atomic E-state index is 1.19. The number of fused-ring (bicyclic) bond motifs is 6. The zero-order chi connectivity index (χ0) is 47.4. The molecule has 4 aromatic carbocycles. The highest BCUT2D eigenvalue weighted by atomic mass is 29.3. The van der Waals surface area contributed by atoms with Crippen LogP contribution in [0.4, 0.5) is 11.4 Å². The molecule has 0 N–H and O–H groups in total. The van der Waals surface area contributed by atoms with E-state index in [4.69, 9.17) is 0 Å². The summed E-state index contributed by atoms with van der Waals surface area (Å²) >= 11 is 0. The normalized spacial score (nSPS) is 15.9. The van der Waals surface area contributed by atoms with Crippen molar-refractivity contribution in [1.29, 1.82) is 0 Å². The van der Waals surface area contributed by atoms with Gasteiger partial charge in [0.2, 0.25) is 0 Å². The Morgan fingerprint density at radius 2 is 0.516 bits per heavy atom. The number of rotatable bonds is 18. The van der Waals surface area contributed by atoms with E-state index in [9.17, 15) is 0 Å². The van der Waals surface area contributed by atoms with Crippen molar-refractivity contribution in [3.05, 3.63) is 81.9 Å². The van der Waals surface area contributed by atoms with Crippen LogP contribution in [-0.2, 0) is 0 Å². The van der Waals surface area contributed by atoms with E-state index in [0.717, 1.165) is 0 Å². The van der Waals surface area contributed by atoms with Gasteiger partial charge in [-0.25, -0.2) is 0 Å². The van der Waals surface area contributed by atoms with Gasteiger partial charge in [-0.1, -0.05) is 189 Å². The largest absolute Gasteiger partial charge is 0.371 e. The molecule has 0 aliphatic carbocycles.